The van der Waals surface area contributed by atoms with Crippen molar-refractivity contribution < 1.29 is 4.79 Å². The van der Waals surface area contributed by atoms with Crippen LogP contribution in [0.1, 0.15) is 18.1 Å². The smallest absolute Gasteiger partial charge is 0.307 e. The maximum Gasteiger partial charge on any atom is 0.326 e. The van der Waals surface area contributed by atoms with Gasteiger partial charge in [0.2, 0.25) is 0 Å². The maximum absolute atomic E-state index is 11.7. The summed E-state index contributed by atoms with van der Waals surface area (Å²) in [6.45, 7) is 8.53. The minimum absolute atomic E-state index is 0.0967. The summed E-state index contributed by atoms with van der Waals surface area (Å²) >= 11 is 0. The Bertz CT molecular complexity index is 437. The highest BCUT2D eigenvalue weighted by Gasteiger charge is 2.24. The molecule has 15 heavy (non-hydrogen) atoms. The molecule has 0 bridgehead atoms. The van der Waals surface area contributed by atoms with Crippen LogP contribution >= 0.6 is 0 Å². The van der Waals surface area contributed by atoms with Crippen molar-refractivity contribution in [1.29, 1.82) is 0 Å². The predicted octanol–water partition coefficient (Wildman–Crippen LogP) is 2.83. The highest BCUT2D eigenvalue weighted by atomic mass is 16.2. The van der Waals surface area contributed by atoms with Gasteiger partial charge in [0, 0.05) is 17.8 Å². The zero-order chi connectivity index (χ0) is 11.0. The third kappa shape index (κ3) is 1.50. The summed E-state index contributed by atoms with van der Waals surface area (Å²) in [5, 5.41) is 2.86. The number of carbonyl (C=O) groups is 1. The van der Waals surface area contributed by atoms with Crippen LogP contribution in [0.25, 0.3) is 5.70 Å². The first-order valence-electron chi connectivity index (χ1n) is 5.02. The number of fused-ring (bicyclic) bond motifs is 1. The van der Waals surface area contributed by atoms with Crippen molar-refractivity contribution in [3.8, 4) is 0 Å². The lowest BCUT2D eigenvalue weighted by Crippen LogP contribution is -2.37. The van der Waals surface area contributed by atoms with E-state index in [1.54, 1.807) is 4.90 Å². The SMILES string of the molecule is C=C1c2ccc(C)cc2NC(=O)N1CC. The summed E-state index contributed by atoms with van der Waals surface area (Å²) in [5.41, 5.74) is 3.76. The molecule has 1 aromatic carbocycles. The van der Waals surface area contributed by atoms with Gasteiger partial charge < -0.3 is 5.32 Å². The summed E-state index contributed by atoms with van der Waals surface area (Å²) in [4.78, 5) is 13.3. The van der Waals surface area contributed by atoms with Crippen molar-refractivity contribution in [3.05, 3.63) is 35.9 Å². The van der Waals surface area contributed by atoms with E-state index in [2.05, 4.69) is 11.9 Å². The molecule has 0 aromatic heterocycles. The fourth-order valence-electron chi connectivity index (χ4n) is 1.80. The molecule has 1 aliphatic heterocycles. The van der Waals surface area contributed by atoms with Crippen LogP contribution in [0, 0.1) is 6.92 Å². The van der Waals surface area contributed by atoms with E-state index in [-0.39, 0.29) is 6.03 Å². The number of carbonyl (C=O) groups excluding carboxylic acids is 1. The Morgan fingerprint density at radius 3 is 2.87 bits per heavy atom. The van der Waals surface area contributed by atoms with Crippen molar-refractivity contribution in [3.63, 3.8) is 0 Å². The number of nitrogens with zero attached hydrogens (tertiary/aromatic N) is 1. The molecule has 3 nitrogen and oxygen atoms in total. The van der Waals surface area contributed by atoms with Gasteiger partial charge in [-0.2, -0.15) is 0 Å². The van der Waals surface area contributed by atoms with Crippen molar-refractivity contribution in [2.45, 2.75) is 13.8 Å². The van der Waals surface area contributed by atoms with Crippen LogP contribution in [0.5, 0.6) is 0 Å². The molecule has 0 radical (unpaired) electrons. The molecule has 0 unspecified atom stereocenters. The summed E-state index contributed by atoms with van der Waals surface area (Å²) in [5.74, 6) is 0. The van der Waals surface area contributed by atoms with Crippen LogP contribution in [0.15, 0.2) is 24.8 Å². The van der Waals surface area contributed by atoms with Crippen LogP contribution in [0.3, 0.4) is 0 Å². The first-order valence-corrected chi connectivity index (χ1v) is 5.02. The molecule has 1 heterocycles. The number of hydrogen-bond acceptors (Lipinski definition) is 1. The largest absolute Gasteiger partial charge is 0.326 e. The van der Waals surface area contributed by atoms with Gasteiger partial charge in [0.1, 0.15) is 0 Å². The fourth-order valence-corrected chi connectivity index (χ4v) is 1.80. The number of aryl methyl sites for hydroxylation is 1. The lowest BCUT2D eigenvalue weighted by atomic mass is 10.0. The van der Waals surface area contributed by atoms with Gasteiger partial charge in [0.25, 0.3) is 0 Å². The van der Waals surface area contributed by atoms with E-state index in [4.69, 9.17) is 0 Å². The van der Waals surface area contributed by atoms with Gasteiger partial charge >= 0.3 is 6.03 Å². The van der Waals surface area contributed by atoms with E-state index in [0.29, 0.717) is 6.54 Å². The van der Waals surface area contributed by atoms with Crippen molar-refractivity contribution in [2.24, 2.45) is 0 Å². The Morgan fingerprint density at radius 2 is 2.20 bits per heavy atom. The fraction of sp³-hybridized carbons (Fsp3) is 0.250. The number of anilines is 1. The zero-order valence-corrected chi connectivity index (χ0v) is 9.00. The van der Waals surface area contributed by atoms with E-state index in [0.717, 1.165) is 22.5 Å². The molecule has 0 saturated heterocycles. The summed E-state index contributed by atoms with van der Waals surface area (Å²) in [6.07, 6.45) is 0. The van der Waals surface area contributed by atoms with Crippen LogP contribution in [-0.4, -0.2) is 17.5 Å². The third-order valence-electron chi connectivity index (χ3n) is 2.61. The molecule has 78 valence electrons. The van der Waals surface area contributed by atoms with Gasteiger partial charge in [0.05, 0.1) is 5.69 Å². The highest BCUT2D eigenvalue weighted by Crippen LogP contribution is 2.31. The van der Waals surface area contributed by atoms with E-state index in [9.17, 15) is 4.79 Å². The molecule has 1 aromatic rings. The van der Waals surface area contributed by atoms with Crippen molar-refractivity contribution >= 4 is 17.4 Å². The molecular weight excluding hydrogens is 188 g/mol. The highest BCUT2D eigenvalue weighted by molar-refractivity contribution is 6.02. The Morgan fingerprint density at radius 1 is 1.47 bits per heavy atom. The number of hydrogen-bond donors (Lipinski definition) is 1. The van der Waals surface area contributed by atoms with E-state index in [1.807, 2.05) is 32.0 Å². The average Bonchev–Trinajstić information content (AvgIpc) is 2.17. The molecule has 0 atom stereocenters. The maximum atomic E-state index is 11.7. The summed E-state index contributed by atoms with van der Waals surface area (Å²) in [7, 11) is 0. The van der Waals surface area contributed by atoms with Crippen LogP contribution in [0.4, 0.5) is 10.5 Å². The summed E-state index contributed by atoms with van der Waals surface area (Å²) in [6, 6.07) is 5.89. The van der Waals surface area contributed by atoms with Gasteiger partial charge in [-0.05, 0) is 25.5 Å². The number of benzene rings is 1. The Balaban J connectivity index is 2.50. The molecule has 2 rings (SSSR count). The molecule has 0 spiro atoms. The Labute approximate surface area is 89.4 Å². The first kappa shape index (κ1) is 9.77. The molecular formula is C12H14N2O. The number of nitrogens with one attached hydrogen (secondary N) is 1. The Kier molecular flexibility index (Phi) is 2.23. The zero-order valence-electron chi connectivity index (χ0n) is 9.00. The minimum Gasteiger partial charge on any atom is -0.307 e. The molecule has 1 aliphatic rings. The number of rotatable bonds is 1. The van der Waals surface area contributed by atoms with E-state index >= 15 is 0 Å². The first-order chi connectivity index (χ1) is 7.13. The van der Waals surface area contributed by atoms with Gasteiger partial charge in [-0.15, -0.1) is 0 Å². The second-order valence-electron chi connectivity index (χ2n) is 3.67. The number of urea groups is 1. The molecule has 3 heteroatoms. The standard InChI is InChI=1S/C12H14N2O/c1-4-14-9(3)10-6-5-8(2)7-11(10)13-12(14)15/h5-7H,3-4H2,1-2H3,(H,13,15). The normalized spacial score (nSPS) is 14.9. The van der Waals surface area contributed by atoms with Crippen LogP contribution in [-0.2, 0) is 0 Å². The van der Waals surface area contributed by atoms with Gasteiger partial charge in [-0.25, -0.2) is 4.79 Å². The monoisotopic (exact) mass is 202 g/mol. The quantitative estimate of drug-likeness (QED) is 0.746. The van der Waals surface area contributed by atoms with Crippen LogP contribution < -0.4 is 5.32 Å². The van der Waals surface area contributed by atoms with Crippen molar-refractivity contribution in [2.75, 3.05) is 11.9 Å². The third-order valence-corrected chi connectivity index (χ3v) is 2.61. The number of amides is 2. The second kappa shape index (κ2) is 3.42. The van der Waals surface area contributed by atoms with E-state index in [1.165, 1.54) is 0 Å². The molecule has 0 fully saturated rings. The topological polar surface area (TPSA) is 32.3 Å². The lowest BCUT2D eigenvalue weighted by Gasteiger charge is -2.30. The Hall–Kier alpha value is -1.77. The molecule has 0 saturated carbocycles. The molecule has 0 aliphatic carbocycles. The second-order valence-corrected chi connectivity index (χ2v) is 3.67. The summed E-state index contributed by atoms with van der Waals surface area (Å²) < 4.78 is 0. The van der Waals surface area contributed by atoms with Crippen LogP contribution in [0.2, 0.25) is 0 Å². The average molecular weight is 202 g/mol. The minimum atomic E-state index is -0.0967. The molecule has 2 amide bonds. The lowest BCUT2D eigenvalue weighted by molar-refractivity contribution is 0.232. The van der Waals surface area contributed by atoms with Gasteiger partial charge in [-0.1, -0.05) is 18.7 Å². The molecule has 1 N–H and O–H groups in total. The van der Waals surface area contributed by atoms with E-state index < -0.39 is 0 Å². The van der Waals surface area contributed by atoms with Crippen molar-refractivity contribution in [1.82, 2.24) is 4.90 Å². The van der Waals surface area contributed by atoms with Gasteiger partial charge in [0.15, 0.2) is 0 Å². The predicted molar refractivity (Wildman–Crippen MR) is 61.6 cm³/mol. The van der Waals surface area contributed by atoms with Gasteiger partial charge in [-0.3, -0.25) is 4.90 Å².